The van der Waals surface area contributed by atoms with Crippen LogP contribution < -0.4 is 4.74 Å². The van der Waals surface area contributed by atoms with E-state index in [0.29, 0.717) is 0 Å². The van der Waals surface area contributed by atoms with Crippen LogP contribution in [-0.2, 0) is 0 Å². The molecule has 84 valence electrons. The van der Waals surface area contributed by atoms with Crippen LogP contribution in [-0.4, -0.2) is 16.1 Å². The van der Waals surface area contributed by atoms with Crippen molar-refractivity contribution in [3.63, 3.8) is 0 Å². The van der Waals surface area contributed by atoms with Crippen molar-refractivity contribution in [3.8, 4) is 17.0 Å². The molecule has 1 N–H and O–H groups in total. The molecule has 3 nitrogen and oxygen atoms in total. The summed E-state index contributed by atoms with van der Waals surface area (Å²) in [5.41, 5.74) is 2.10. The van der Waals surface area contributed by atoms with E-state index in [-0.39, 0.29) is 6.10 Å². The number of imidazole rings is 1. The van der Waals surface area contributed by atoms with Gasteiger partial charge in [-0.1, -0.05) is 19.1 Å². The molecule has 0 fully saturated rings. The lowest BCUT2D eigenvalue weighted by atomic mass is 10.1. The van der Waals surface area contributed by atoms with Gasteiger partial charge in [-0.25, -0.2) is 4.98 Å². The lowest BCUT2D eigenvalue weighted by molar-refractivity contribution is 0.217. The fourth-order valence-corrected chi connectivity index (χ4v) is 1.47. The summed E-state index contributed by atoms with van der Waals surface area (Å²) in [6.45, 7) is 4.19. The van der Waals surface area contributed by atoms with Crippen molar-refractivity contribution in [1.82, 2.24) is 9.97 Å². The predicted molar refractivity (Wildman–Crippen MR) is 64.4 cm³/mol. The fourth-order valence-electron chi connectivity index (χ4n) is 1.47. The zero-order chi connectivity index (χ0) is 11.4. The number of nitrogens with one attached hydrogen (secondary N) is 1. The molecule has 1 aromatic heterocycles. The largest absolute Gasteiger partial charge is 0.491 e. The van der Waals surface area contributed by atoms with Crippen LogP contribution in [0.3, 0.4) is 0 Å². The minimum Gasteiger partial charge on any atom is -0.491 e. The highest BCUT2D eigenvalue weighted by atomic mass is 16.5. The van der Waals surface area contributed by atoms with E-state index in [4.69, 9.17) is 4.74 Å². The maximum absolute atomic E-state index is 5.77. The van der Waals surface area contributed by atoms with Crippen LogP contribution >= 0.6 is 0 Å². The van der Waals surface area contributed by atoms with E-state index in [1.807, 2.05) is 30.5 Å². The zero-order valence-corrected chi connectivity index (χ0v) is 9.60. The van der Waals surface area contributed by atoms with E-state index in [0.717, 1.165) is 23.4 Å². The van der Waals surface area contributed by atoms with Gasteiger partial charge in [-0.3, -0.25) is 0 Å². The molecule has 1 unspecified atom stereocenters. The summed E-state index contributed by atoms with van der Waals surface area (Å²) in [7, 11) is 0. The molecule has 0 aliphatic rings. The third-order valence-corrected chi connectivity index (χ3v) is 2.56. The molecule has 2 rings (SSSR count). The topological polar surface area (TPSA) is 37.9 Å². The first-order valence-corrected chi connectivity index (χ1v) is 5.55. The molecule has 1 aromatic carbocycles. The van der Waals surface area contributed by atoms with Crippen LogP contribution in [0.1, 0.15) is 20.3 Å². The number of H-pyrrole nitrogens is 1. The average molecular weight is 216 g/mol. The van der Waals surface area contributed by atoms with Crippen molar-refractivity contribution < 1.29 is 4.74 Å². The van der Waals surface area contributed by atoms with Gasteiger partial charge >= 0.3 is 0 Å². The number of benzene rings is 1. The summed E-state index contributed by atoms with van der Waals surface area (Å²) >= 11 is 0. The molecule has 0 amide bonds. The number of ether oxygens (including phenoxy) is 1. The van der Waals surface area contributed by atoms with Crippen molar-refractivity contribution in [2.45, 2.75) is 26.4 Å². The van der Waals surface area contributed by atoms with Gasteiger partial charge in [-0.15, -0.1) is 0 Å². The Balaban J connectivity index is 2.20. The summed E-state index contributed by atoms with van der Waals surface area (Å²) in [4.78, 5) is 7.09. The van der Waals surface area contributed by atoms with Gasteiger partial charge in [0.2, 0.25) is 0 Å². The van der Waals surface area contributed by atoms with Gasteiger partial charge in [-0.05, 0) is 25.5 Å². The average Bonchev–Trinajstić information content (AvgIpc) is 2.83. The van der Waals surface area contributed by atoms with Crippen LogP contribution in [0.25, 0.3) is 11.3 Å². The van der Waals surface area contributed by atoms with E-state index in [2.05, 4.69) is 23.8 Å². The minimum atomic E-state index is 0.247. The molecular weight excluding hydrogens is 200 g/mol. The quantitative estimate of drug-likeness (QED) is 0.851. The van der Waals surface area contributed by atoms with Gasteiger partial charge in [0.1, 0.15) is 5.75 Å². The first-order valence-electron chi connectivity index (χ1n) is 5.55. The predicted octanol–water partition coefficient (Wildman–Crippen LogP) is 3.25. The van der Waals surface area contributed by atoms with E-state index >= 15 is 0 Å². The van der Waals surface area contributed by atoms with Crippen LogP contribution in [0.4, 0.5) is 0 Å². The number of aromatic amines is 1. The van der Waals surface area contributed by atoms with Crippen molar-refractivity contribution >= 4 is 0 Å². The highest BCUT2D eigenvalue weighted by molar-refractivity contribution is 5.60. The highest BCUT2D eigenvalue weighted by Gasteiger charge is 2.03. The Morgan fingerprint density at radius 3 is 3.00 bits per heavy atom. The summed E-state index contributed by atoms with van der Waals surface area (Å²) in [6.07, 6.45) is 4.74. The normalized spacial score (nSPS) is 12.4. The molecule has 0 aliphatic heterocycles. The minimum absolute atomic E-state index is 0.247. The molecule has 0 saturated carbocycles. The monoisotopic (exact) mass is 216 g/mol. The van der Waals surface area contributed by atoms with E-state index in [1.54, 1.807) is 6.33 Å². The third kappa shape index (κ3) is 2.42. The first-order chi connectivity index (χ1) is 7.79. The Kier molecular flexibility index (Phi) is 3.25. The standard InChI is InChI=1S/C13H16N2O/c1-3-10(2)16-12-6-4-5-11(7-12)13-8-14-9-15-13/h4-10H,3H2,1-2H3,(H,14,15). The second-order valence-corrected chi connectivity index (χ2v) is 3.83. The molecule has 0 aliphatic carbocycles. The van der Waals surface area contributed by atoms with Gasteiger partial charge in [0, 0.05) is 5.56 Å². The molecule has 3 heteroatoms. The maximum Gasteiger partial charge on any atom is 0.120 e. The van der Waals surface area contributed by atoms with Gasteiger partial charge < -0.3 is 9.72 Å². The lowest BCUT2D eigenvalue weighted by Gasteiger charge is -2.12. The summed E-state index contributed by atoms with van der Waals surface area (Å²) in [5.74, 6) is 0.904. The van der Waals surface area contributed by atoms with Gasteiger partial charge in [-0.2, -0.15) is 0 Å². The van der Waals surface area contributed by atoms with E-state index in [1.165, 1.54) is 0 Å². The first kappa shape index (κ1) is 10.7. The maximum atomic E-state index is 5.77. The van der Waals surface area contributed by atoms with E-state index < -0.39 is 0 Å². The summed E-state index contributed by atoms with van der Waals surface area (Å²) in [6, 6.07) is 8.04. The Morgan fingerprint density at radius 1 is 1.44 bits per heavy atom. The van der Waals surface area contributed by atoms with Gasteiger partial charge in [0.05, 0.1) is 24.3 Å². The van der Waals surface area contributed by atoms with E-state index in [9.17, 15) is 0 Å². The number of hydrogen-bond acceptors (Lipinski definition) is 2. The Labute approximate surface area is 95.5 Å². The Hall–Kier alpha value is -1.77. The fraction of sp³-hybridized carbons (Fsp3) is 0.308. The summed E-state index contributed by atoms with van der Waals surface area (Å²) < 4.78 is 5.77. The number of nitrogens with zero attached hydrogens (tertiary/aromatic N) is 1. The van der Waals surface area contributed by atoms with Crippen molar-refractivity contribution in [1.29, 1.82) is 0 Å². The van der Waals surface area contributed by atoms with Gasteiger partial charge in [0.15, 0.2) is 0 Å². The molecule has 16 heavy (non-hydrogen) atoms. The third-order valence-electron chi connectivity index (χ3n) is 2.56. The lowest BCUT2D eigenvalue weighted by Crippen LogP contribution is -2.09. The second-order valence-electron chi connectivity index (χ2n) is 3.83. The Bertz CT molecular complexity index is 437. The SMILES string of the molecule is CCC(C)Oc1cccc(-c2cnc[nH]2)c1. The molecule has 0 spiro atoms. The number of hydrogen-bond donors (Lipinski definition) is 1. The Morgan fingerprint density at radius 2 is 2.31 bits per heavy atom. The molecule has 0 saturated heterocycles. The number of rotatable bonds is 4. The number of aromatic nitrogens is 2. The second kappa shape index (κ2) is 4.84. The molecule has 0 bridgehead atoms. The van der Waals surface area contributed by atoms with Crippen LogP contribution in [0, 0.1) is 0 Å². The molecule has 2 aromatic rings. The van der Waals surface area contributed by atoms with Crippen LogP contribution in [0.2, 0.25) is 0 Å². The zero-order valence-electron chi connectivity index (χ0n) is 9.60. The molecule has 1 atom stereocenters. The van der Waals surface area contributed by atoms with Crippen molar-refractivity contribution in [2.24, 2.45) is 0 Å². The van der Waals surface area contributed by atoms with Crippen LogP contribution in [0.5, 0.6) is 5.75 Å². The van der Waals surface area contributed by atoms with Gasteiger partial charge in [0.25, 0.3) is 0 Å². The van der Waals surface area contributed by atoms with Crippen molar-refractivity contribution in [2.75, 3.05) is 0 Å². The highest BCUT2D eigenvalue weighted by Crippen LogP contribution is 2.22. The smallest absolute Gasteiger partial charge is 0.120 e. The van der Waals surface area contributed by atoms with Crippen LogP contribution in [0.15, 0.2) is 36.8 Å². The van der Waals surface area contributed by atoms with Crippen molar-refractivity contribution in [3.05, 3.63) is 36.8 Å². The molecule has 1 heterocycles. The molecule has 0 radical (unpaired) electrons. The molecular formula is C13H16N2O. The summed E-state index contributed by atoms with van der Waals surface area (Å²) in [5, 5.41) is 0.